The zero-order chi connectivity index (χ0) is 12.2. The van der Waals surface area contributed by atoms with Crippen molar-refractivity contribution in [2.24, 2.45) is 17.8 Å². The van der Waals surface area contributed by atoms with E-state index < -0.39 is 9.33 Å². The van der Waals surface area contributed by atoms with Crippen LogP contribution < -0.4 is 0 Å². The van der Waals surface area contributed by atoms with Gasteiger partial charge in [0.05, 0.1) is 5.03 Å². The molecule has 0 aromatic heterocycles. The fourth-order valence-corrected chi connectivity index (χ4v) is 6.31. The first-order valence-corrected chi connectivity index (χ1v) is 7.40. The summed E-state index contributed by atoms with van der Waals surface area (Å²) in [4.78, 5) is 0.843. The SMILES string of the molecule is ClC1=C(Cl)[C@@]2(Cl)[C@H]3[C@H]([C@@H]4C=C[C@H]3C4)N1C2(Cl)Cl. The molecule has 2 fully saturated rings. The first-order chi connectivity index (χ1) is 7.90. The maximum Gasteiger partial charge on any atom is 0.216 e. The van der Waals surface area contributed by atoms with Gasteiger partial charge in [0.15, 0.2) is 0 Å². The lowest BCUT2D eigenvalue weighted by Crippen LogP contribution is -2.43. The Morgan fingerprint density at radius 3 is 2.47 bits per heavy atom. The van der Waals surface area contributed by atoms with Gasteiger partial charge in [0, 0.05) is 12.0 Å². The molecule has 4 aliphatic rings. The van der Waals surface area contributed by atoms with Crippen LogP contribution in [0.1, 0.15) is 6.42 Å². The summed E-state index contributed by atoms with van der Waals surface area (Å²) >= 11 is 32.1. The third-order valence-corrected chi connectivity index (χ3v) is 7.54. The lowest BCUT2D eigenvalue weighted by atomic mass is 9.80. The second kappa shape index (κ2) is 3.07. The predicted octanol–water partition coefficient (Wildman–Crippen LogP) is 4.26. The smallest absolute Gasteiger partial charge is 0.216 e. The molecule has 0 radical (unpaired) electrons. The van der Waals surface area contributed by atoms with Crippen LogP contribution in [-0.4, -0.2) is 20.3 Å². The number of alkyl halides is 3. The highest BCUT2D eigenvalue weighted by atomic mass is 35.5. The number of allylic oxidation sites excluding steroid dienone is 1. The average molecular weight is 331 g/mol. The maximum atomic E-state index is 6.72. The molecule has 17 heavy (non-hydrogen) atoms. The molecule has 1 nitrogen and oxygen atoms in total. The number of nitrogens with zero attached hydrogens (tertiary/aromatic N) is 1. The largest absolute Gasteiger partial charge is 0.324 e. The van der Waals surface area contributed by atoms with Crippen molar-refractivity contribution in [2.75, 3.05) is 0 Å². The molecule has 0 unspecified atom stereocenters. The van der Waals surface area contributed by atoms with Crippen molar-refractivity contribution in [1.29, 1.82) is 0 Å². The summed E-state index contributed by atoms with van der Waals surface area (Å²) in [6.45, 7) is 0. The minimum Gasteiger partial charge on any atom is -0.324 e. The highest BCUT2D eigenvalue weighted by Crippen LogP contribution is 2.73. The van der Waals surface area contributed by atoms with E-state index in [0.29, 0.717) is 22.0 Å². The van der Waals surface area contributed by atoms with Crippen LogP contribution in [0, 0.1) is 17.8 Å². The molecule has 2 aliphatic heterocycles. The fourth-order valence-electron chi connectivity index (χ4n) is 4.03. The molecule has 6 heteroatoms. The van der Waals surface area contributed by atoms with Crippen LogP contribution in [-0.2, 0) is 0 Å². The third kappa shape index (κ3) is 0.984. The first kappa shape index (κ1) is 11.5. The molecule has 4 bridgehead atoms. The van der Waals surface area contributed by atoms with E-state index in [0.717, 1.165) is 6.42 Å². The van der Waals surface area contributed by atoms with Gasteiger partial charge in [-0.3, -0.25) is 0 Å². The van der Waals surface area contributed by atoms with Crippen molar-refractivity contribution in [3.8, 4) is 0 Å². The zero-order valence-corrected chi connectivity index (χ0v) is 12.3. The Morgan fingerprint density at radius 2 is 1.76 bits per heavy atom. The monoisotopic (exact) mass is 329 g/mol. The summed E-state index contributed by atoms with van der Waals surface area (Å²) in [5, 5.41) is 0.807. The van der Waals surface area contributed by atoms with E-state index in [4.69, 9.17) is 58.0 Å². The maximum absolute atomic E-state index is 6.72. The Kier molecular flexibility index (Phi) is 2.08. The summed E-state index contributed by atoms with van der Waals surface area (Å²) < 4.78 is -1.24. The number of hydrogen-bond donors (Lipinski definition) is 0. The van der Waals surface area contributed by atoms with Gasteiger partial charge in [-0.15, -0.1) is 11.6 Å². The lowest BCUT2D eigenvalue weighted by molar-refractivity contribution is 0.246. The van der Waals surface area contributed by atoms with E-state index in [1.807, 2.05) is 4.90 Å². The Bertz CT molecular complexity index is 484. The Morgan fingerprint density at radius 1 is 1.12 bits per heavy atom. The Balaban J connectivity index is 1.97. The van der Waals surface area contributed by atoms with E-state index >= 15 is 0 Å². The first-order valence-electron chi connectivity index (χ1n) is 5.51. The predicted molar refractivity (Wildman–Crippen MR) is 71.6 cm³/mol. The van der Waals surface area contributed by atoms with Gasteiger partial charge in [0.1, 0.15) is 10.0 Å². The zero-order valence-electron chi connectivity index (χ0n) is 8.51. The molecule has 2 aliphatic carbocycles. The van der Waals surface area contributed by atoms with Crippen molar-refractivity contribution in [1.82, 2.24) is 4.90 Å². The van der Waals surface area contributed by atoms with Gasteiger partial charge in [-0.25, -0.2) is 0 Å². The van der Waals surface area contributed by atoms with Crippen LogP contribution in [0.15, 0.2) is 22.3 Å². The molecule has 0 spiro atoms. The van der Waals surface area contributed by atoms with Crippen LogP contribution in [0.3, 0.4) is 0 Å². The topological polar surface area (TPSA) is 3.24 Å². The summed E-state index contributed by atoms with van der Waals surface area (Å²) in [6.07, 6.45) is 5.52. The lowest BCUT2D eigenvalue weighted by Gasteiger charge is -2.35. The minimum absolute atomic E-state index is 0.157. The summed E-state index contributed by atoms with van der Waals surface area (Å²) in [5.74, 6) is 0.994. The van der Waals surface area contributed by atoms with Gasteiger partial charge < -0.3 is 4.90 Å². The van der Waals surface area contributed by atoms with Crippen LogP contribution in [0.5, 0.6) is 0 Å². The molecule has 0 aromatic rings. The van der Waals surface area contributed by atoms with Crippen LogP contribution in [0.4, 0.5) is 0 Å². The molecule has 1 saturated carbocycles. The van der Waals surface area contributed by atoms with Crippen molar-refractivity contribution in [3.63, 3.8) is 0 Å². The van der Waals surface area contributed by atoms with Gasteiger partial charge in [-0.1, -0.05) is 58.6 Å². The Hall–Kier alpha value is 0.730. The number of hydrogen-bond acceptors (Lipinski definition) is 1. The molecule has 2 heterocycles. The van der Waals surface area contributed by atoms with Crippen molar-refractivity contribution in [3.05, 3.63) is 22.3 Å². The summed E-state index contributed by atoms with van der Waals surface area (Å²) in [5.41, 5.74) is 0. The van der Waals surface area contributed by atoms with E-state index in [9.17, 15) is 0 Å². The summed E-state index contributed by atoms with van der Waals surface area (Å²) in [6, 6.07) is 0.188. The van der Waals surface area contributed by atoms with Crippen molar-refractivity contribution < 1.29 is 0 Å². The number of rotatable bonds is 0. The molecule has 1 saturated heterocycles. The molecule has 92 valence electrons. The second-order valence-electron chi connectivity index (χ2n) is 5.19. The van der Waals surface area contributed by atoms with Crippen LogP contribution >= 0.6 is 58.0 Å². The van der Waals surface area contributed by atoms with E-state index in [1.54, 1.807) is 0 Å². The molecule has 0 N–H and O–H groups in total. The van der Waals surface area contributed by atoms with Gasteiger partial charge in [-0.05, 0) is 18.3 Å². The van der Waals surface area contributed by atoms with Crippen LogP contribution in [0.25, 0.3) is 0 Å². The van der Waals surface area contributed by atoms with Gasteiger partial charge in [0.25, 0.3) is 0 Å². The van der Waals surface area contributed by atoms with Gasteiger partial charge in [0.2, 0.25) is 4.46 Å². The van der Waals surface area contributed by atoms with E-state index in [-0.39, 0.29) is 12.0 Å². The van der Waals surface area contributed by atoms with E-state index in [2.05, 4.69) is 12.2 Å². The highest BCUT2D eigenvalue weighted by Gasteiger charge is 2.78. The molecular formula is C11H8Cl5N. The van der Waals surface area contributed by atoms with Crippen LogP contribution in [0.2, 0.25) is 0 Å². The standard InChI is InChI=1S/C11H8Cl5N/c12-8-9(13)17-7-5-2-1-4(3-5)6(7)10(8,14)11(17,15)16/h1-2,4-7H,3H2/t4-,5+,6+,7-,10-/m0/s1. The fraction of sp³-hybridized carbons (Fsp3) is 0.636. The van der Waals surface area contributed by atoms with Gasteiger partial charge >= 0.3 is 0 Å². The van der Waals surface area contributed by atoms with E-state index in [1.165, 1.54) is 0 Å². The molecule has 4 rings (SSSR count). The normalized spacial score (nSPS) is 52.9. The van der Waals surface area contributed by atoms with Crippen molar-refractivity contribution >= 4 is 58.0 Å². The second-order valence-corrected chi connectivity index (χ2v) is 7.81. The molecule has 0 aromatic carbocycles. The third-order valence-electron chi connectivity index (χ3n) is 4.63. The molecule has 0 amide bonds. The number of fused-ring (bicyclic) bond motifs is 9. The quantitative estimate of drug-likeness (QED) is 0.364. The molecule has 5 atom stereocenters. The highest BCUT2D eigenvalue weighted by molar-refractivity contribution is 6.59. The van der Waals surface area contributed by atoms with Crippen molar-refractivity contribution in [2.45, 2.75) is 21.8 Å². The van der Waals surface area contributed by atoms with Gasteiger partial charge in [-0.2, -0.15) is 0 Å². The minimum atomic E-state index is -1.24. The molecular weight excluding hydrogens is 323 g/mol. The Labute approximate surface area is 124 Å². The summed E-state index contributed by atoms with van der Waals surface area (Å²) in [7, 11) is 0. The number of halogens is 5. The average Bonchev–Trinajstić information content (AvgIpc) is 2.92.